The zero-order chi connectivity index (χ0) is 20.0. The van der Waals surface area contributed by atoms with Gasteiger partial charge in [-0.05, 0) is 65.0 Å². The van der Waals surface area contributed by atoms with Gasteiger partial charge in [0.2, 0.25) is 0 Å². The van der Waals surface area contributed by atoms with E-state index < -0.39 is 19.7 Å². The van der Waals surface area contributed by atoms with Crippen molar-refractivity contribution in [3.63, 3.8) is 0 Å². The van der Waals surface area contributed by atoms with Gasteiger partial charge >= 0.3 is 0 Å². The summed E-state index contributed by atoms with van der Waals surface area (Å²) in [6, 6.07) is 10.4. The minimum Gasteiger partial charge on any atom is -0.542 e. The van der Waals surface area contributed by atoms with Gasteiger partial charge in [0.1, 0.15) is 22.8 Å². The Bertz CT molecular complexity index is 1070. The molecule has 0 aliphatic heterocycles. The molecule has 0 aliphatic rings. The number of nitrogens with zero attached hydrogens (tertiary/aromatic N) is 1. The van der Waals surface area contributed by atoms with Crippen molar-refractivity contribution >= 4 is 41.9 Å². The van der Waals surface area contributed by atoms with Gasteiger partial charge < -0.3 is 9.41 Å². The highest BCUT2D eigenvalue weighted by Gasteiger charge is 2.39. The second-order valence-electron chi connectivity index (χ2n) is 8.03. The van der Waals surface area contributed by atoms with Crippen LogP contribution in [-0.2, 0) is 0 Å². The van der Waals surface area contributed by atoms with Crippen molar-refractivity contribution in [1.29, 1.82) is 0 Å². The molecule has 0 amide bonds. The first kappa shape index (κ1) is 20.0. The van der Waals surface area contributed by atoms with Gasteiger partial charge in [-0.3, -0.25) is 4.79 Å². The Morgan fingerprint density at radius 1 is 1.15 bits per heavy atom. The molecule has 27 heavy (non-hydrogen) atoms. The standard InChI is InChI=1S/C20H22FIN2O2Si/c1-20(2,3)27(4,5)26-15-11-7-10-14-18(15)24-17(19(25)23-14)12-8-6-9-13(22)16(12)21/h6-11H,1-5H3,(H,23,25). The monoisotopic (exact) mass is 496 g/mol. The van der Waals surface area contributed by atoms with Crippen LogP contribution < -0.4 is 9.99 Å². The third-order valence-corrected chi connectivity index (χ3v) is 10.2. The largest absolute Gasteiger partial charge is 0.542 e. The van der Waals surface area contributed by atoms with E-state index in [9.17, 15) is 9.18 Å². The van der Waals surface area contributed by atoms with E-state index >= 15 is 0 Å². The molecule has 2 aromatic carbocycles. The van der Waals surface area contributed by atoms with Gasteiger partial charge in [-0.2, -0.15) is 0 Å². The van der Waals surface area contributed by atoms with Crippen molar-refractivity contribution in [2.75, 3.05) is 0 Å². The van der Waals surface area contributed by atoms with Crippen LogP contribution in [0.2, 0.25) is 18.1 Å². The molecule has 0 bridgehead atoms. The number of hydrogen-bond donors (Lipinski definition) is 1. The zero-order valence-electron chi connectivity index (χ0n) is 16.0. The molecule has 142 valence electrons. The van der Waals surface area contributed by atoms with Crippen molar-refractivity contribution in [2.45, 2.75) is 38.9 Å². The van der Waals surface area contributed by atoms with Crippen LogP contribution in [0, 0.1) is 9.39 Å². The number of para-hydroxylation sites is 1. The number of benzene rings is 2. The lowest BCUT2D eigenvalue weighted by Gasteiger charge is -2.36. The molecule has 3 aromatic rings. The highest BCUT2D eigenvalue weighted by Crippen LogP contribution is 2.38. The van der Waals surface area contributed by atoms with Crippen molar-refractivity contribution in [1.82, 2.24) is 9.97 Å². The zero-order valence-corrected chi connectivity index (χ0v) is 19.1. The van der Waals surface area contributed by atoms with Crippen LogP contribution >= 0.6 is 22.6 Å². The SMILES string of the molecule is CC(C)(C)[Si](C)(C)Oc1cccc2[nH]c(=O)c(-c3cccc(I)c3F)nc12. The third kappa shape index (κ3) is 3.80. The molecule has 0 saturated heterocycles. The number of halogens is 2. The van der Waals surface area contributed by atoms with Crippen LogP contribution in [0.3, 0.4) is 0 Å². The Morgan fingerprint density at radius 2 is 1.81 bits per heavy atom. The summed E-state index contributed by atoms with van der Waals surface area (Å²) in [6.45, 7) is 10.8. The van der Waals surface area contributed by atoms with E-state index in [-0.39, 0.29) is 16.3 Å². The van der Waals surface area contributed by atoms with E-state index in [0.29, 0.717) is 20.4 Å². The smallest absolute Gasteiger partial charge is 0.275 e. The number of H-pyrrole nitrogens is 1. The fourth-order valence-corrected chi connectivity index (χ4v) is 3.98. The van der Waals surface area contributed by atoms with Crippen LogP contribution in [0.15, 0.2) is 41.2 Å². The molecule has 1 aromatic heterocycles. The summed E-state index contributed by atoms with van der Waals surface area (Å²) >= 11 is 1.91. The van der Waals surface area contributed by atoms with Crippen LogP contribution in [-0.4, -0.2) is 18.3 Å². The number of aromatic nitrogens is 2. The predicted octanol–water partition coefficient (Wildman–Crippen LogP) is 5.72. The fourth-order valence-electron chi connectivity index (χ4n) is 2.46. The number of rotatable bonds is 3. The molecule has 0 fully saturated rings. The van der Waals surface area contributed by atoms with Crippen LogP contribution in [0.4, 0.5) is 4.39 Å². The van der Waals surface area contributed by atoms with Crippen molar-refractivity contribution in [3.05, 3.63) is 56.1 Å². The third-order valence-electron chi connectivity index (χ3n) is 5.06. The number of fused-ring (bicyclic) bond motifs is 1. The maximum Gasteiger partial charge on any atom is 0.275 e. The topological polar surface area (TPSA) is 55.0 Å². The van der Waals surface area contributed by atoms with Crippen LogP contribution in [0.1, 0.15) is 20.8 Å². The van der Waals surface area contributed by atoms with Gasteiger partial charge in [-0.1, -0.05) is 32.9 Å². The van der Waals surface area contributed by atoms with Gasteiger partial charge in [-0.15, -0.1) is 0 Å². The molecule has 0 saturated carbocycles. The molecule has 0 unspecified atom stereocenters. The van der Waals surface area contributed by atoms with Gasteiger partial charge in [0.05, 0.1) is 5.52 Å². The Balaban J connectivity index is 2.22. The molecule has 1 heterocycles. The fraction of sp³-hybridized carbons (Fsp3) is 0.300. The minimum atomic E-state index is -2.10. The molecule has 3 rings (SSSR count). The summed E-state index contributed by atoms with van der Waals surface area (Å²) in [5.74, 6) is 0.167. The first-order valence-electron chi connectivity index (χ1n) is 8.68. The van der Waals surface area contributed by atoms with E-state index in [1.54, 1.807) is 24.3 Å². The first-order valence-corrected chi connectivity index (χ1v) is 12.7. The lowest BCUT2D eigenvalue weighted by molar-refractivity contribution is 0.495. The molecule has 0 aliphatic carbocycles. The minimum absolute atomic E-state index is 0.0157. The maximum atomic E-state index is 14.6. The molecule has 0 spiro atoms. The number of aromatic amines is 1. The lowest BCUT2D eigenvalue weighted by Crippen LogP contribution is -2.43. The molecular formula is C20H22FIN2O2Si. The predicted molar refractivity (Wildman–Crippen MR) is 118 cm³/mol. The van der Waals surface area contributed by atoms with Gasteiger partial charge in [0.25, 0.3) is 13.9 Å². The molecule has 1 N–H and O–H groups in total. The summed E-state index contributed by atoms with van der Waals surface area (Å²) in [5.41, 5.74) is 0.936. The summed E-state index contributed by atoms with van der Waals surface area (Å²) in [4.78, 5) is 19.9. The Kier molecular flexibility index (Phi) is 5.19. The Morgan fingerprint density at radius 3 is 2.48 bits per heavy atom. The average Bonchev–Trinajstić information content (AvgIpc) is 2.56. The second-order valence-corrected chi connectivity index (χ2v) is 13.9. The average molecular weight is 496 g/mol. The molecule has 0 atom stereocenters. The Labute approximate surface area is 172 Å². The van der Waals surface area contributed by atoms with Crippen molar-refractivity contribution < 1.29 is 8.82 Å². The van der Waals surface area contributed by atoms with E-state index in [0.717, 1.165) is 0 Å². The van der Waals surface area contributed by atoms with Gasteiger partial charge in [0, 0.05) is 9.13 Å². The van der Waals surface area contributed by atoms with E-state index in [4.69, 9.17) is 4.43 Å². The van der Waals surface area contributed by atoms with E-state index in [1.807, 2.05) is 34.7 Å². The first-order chi connectivity index (χ1) is 12.5. The van der Waals surface area contributed by atoms with Gasteiger partial charge in [-0.25, -0.2) is 9.37 Å². The molecule has 4 nitrogen and oxygen atoms in total. The highest BCUT2D eigenvalue weighted by molar-refractivity contribution is 14.1. The van der Waals surface area contributed by atoms with Crippen LogP contribution in [0.5, 0.6) is 5.75 Å². The van der Waals surface area contributed by atoms with Crippen molar-refractivity contribution in [3.8, 4) is 17.0 Å². The molecule has 0 radical (unpaired) electrons. The summed E-state index contributed by atoms with van der Waals surface area (Å²) < 4.78 is 21.4. The number of hydrogen-bond acceptors (Lipinski definition) is 3. The maximum absolute atomic E-state index is 14.6. The lowest BCUT2D eigenvalue weighted by atomic mass is 10.1. The molecule has 7 heteroatoms. The normalized spacial score (nSPS) is 12.4. The van der Waals surface area contributed by atoms with Crippen LogP contribution in [0.25, 0.3) is 22.3 Å². The highest BCUT2D eigenvalue weighted by atomic mass is 127. The summed E-state index contributed by atoms with van der Waals surface area (Å²) in [7, 11) is -2.10. The van der Waals surface area contributed by atoms with Crippen molar-refractivity contribution in [2.24, 2.45) is 0 Å². The summed E-state index contributed by atoms with van der Waals surface area (Å²) in [5, 5.41) is 0.0157. The molecular weight excluding hydrogens is 474 g/mol. The quantitative estimate of drug-likeness (QED) is 0.373. The van der Waals surface area contributed by atoms with E-state index in [2.05, 4.69) is 43.8 Å². The Hall–Kier alpha value is -1.74. The second kappa shape index (κ2) is 7.01. The number of nitrogens with one attached hydrogen (secondary N) is 1. The van der Waals surface area contributed by atoms with Gasteiger partial charge in [0.15, 0.2) is 0 Å². The summed E-state index contributed by atoms with van der Waals surface area (Å²) in [6.07, 6.45) is 0. The van der Waals surface area contributed by atoms with E-state index in [1.165, 1.54) is 0 Å².